The first-order valence-electron chi connectivity index (χ1n) is 7.09. The number of hydrogen-bond donors (Lipinski definition) is 0. The summed E-state index contributed by atoms with van der Waals surface area (Å²) in [5.74, 6) is 1.74. The predicted molar refractivity (Wildman–Crippen MR) is 83.8 cm³/mol. The number of fused-ring (bicyclic) bond motifs is 1. The third-order valence-corrected chi connectivity index (χ3v) is 5.59. The molecule has 20 heavy (non-hydrogen) atoms. The van der Waals surface area contributed by atoms with Gasteiger partial charge in [-0.05, 0) is 40.9 Å². The van der Waals surface area contributed by atoms with Gasteiger partial charge < -0.3 is 0 Å². The van der Waals surface area contributed by atoms with Crippen molar-refractivity contribution in [2.75, 3.05) is 6.54 Å². The molecule has 0 bridgehead atoms. The Balaban J connectivity index is 1.48. The van der Waals surface area contributed by atoms with E-state index in [4.69, 9.17) is 4.98 Å². The largest absolute Gasteiger partial charge is 0.293 e. The molecule has 0 saturated heterocycles. The molecule has 1 fully saturated rings. The Labute approximate surface area is 131 Å². The average molecular weight is 350 g/mol. The quantitative estimate of drug-likeness (QED) is 0.845. The van der Waals surface area contributed by atoms with Gasteiger partial charge in [0.05, 0.1) is 3.79 Å². The van der Waals surface area contributed by atoms with Crippen LogP contribution in [0.3, 0.4) is 0 Å². The van der Waals surface area contributed by atoms with Crippen LogP contribution >= 0.6 is 27.3 Å². The molecule has 3 nitrogen and oxygen atoms in total. The highest BCUT2D eigenvalue weighted by Crippen LogP contribution is 2.38. The molecule has 5 heteroatoms. The summed E-state index contributed by atoms with van der Waals surface area (Å²) < 4.78 is 1.21. The molecule has 4 rings (SSSR count). The van der Waals surface area contributed by atoms with E-state index in [0.717, 1.165) is 31.9 Å². The Kier molecular flexibility index (Phi) is 3.36. The van der Waals surface area contributed by atoms with Crippen LogP contribution in [0.1, 0.15) is 40.7 Å². The normalized spacial score (nSPS) is 19.1. The second-order valence-corrected chi connectivity index (χ2v) is 8.19. The van der Waals surface area contributed by atoms with Crippen molar-refractivity contribution in [2.45, 2.75) is 38.3 Å². The van der Waals surface area contributed by atoms with Crippen molar-refractivity contribution < 1.29 is 0 Å². The number of nitrogens with zero attached hydrogens (tertiary/aromatic N) is 3. The Morgan fingerprint density at radius 2 is 2.25 bits per heavy atom. The maximum atomic E-state index is 4.78. The van der Waals surface area contributed by atoms with Gasteiger partial charge in [0.15, 0.2) is 0 Å². The van der Waals surface area contributed by atoms with Gasteiger partial charge in [-0.2, -0.15) is 0 Å². The molecular formula is C15H16BrN3S. The first-order valence-corrected chi connectivity index (χ1v) is 8.70. The van der Waals surface area contributed by atoms with Gasteiger partial charge in [-0.1, -0.05) is 0 Å². The van der Waals surface area contributed by atoms with Crippen LogP contribution in [0, 0.1) is 0 Å². The van der Waals surface area contributed by atoms with Crippen molar-refractivity contribution in [1.29, 1.82) is 0 Å². The number of rotatable bonds is 3. The molecule has 0 amide bonds. The molecule has 2 aromatic rings. The molecule has 0 radical (unpaired) electrons. The van der Waals surface area contributed by atoms with Gasteiger partial charge in [0, 0.05) is 54.3 Å². The van der Waals surface area contributed by atoms with E-state index in [0.29, 0.717) is 5.92 Å². The van der Waals surface area contributed by atoms with Crippen LogP contribution in [0.25, 0.3) is 0 Å². The summed E-state index contributed by atoms with van der Waals surface area (Å²) >= 11 is 5.35. The molecule has 3 heterocycles. The average Bonchev–Trinajstić information content (AvgIpc) is 3.22. The van der Waals surface area contributed by atoms with Crippen LogP contribution < -0.4 is 0 Å². The molecule has 1 saturated carbocycles. The molecule has 0 spiro atoms. The van der Waals surface area contributed by atoms with E-state index in [1.165, 1.54) is 32.8 Å². The lowest BCUT2D eigenvalue weighted by Crippen LogP contribution is -2.30. The fourth-order valence-corrected chi connectivity index (χ4v) is 4.25. The number of hydrogen-bond acceptors (Lipinski definition) is 4. The molecule has 104 valence electrons. The molecule has 0 aromatic carbocycles. The van der Waals surface area contributed by atoms with E-state index >= 15 is 0 Å². The Morgan fingerprint density at radius 1 is 1.35 bits per heavy atom. The zero-order valence-corrected chi connectivity index (χ0v) is 13.6. The minimum absolute atomic E-state index is 0.654. The van der Waals surface area contributed by atoms with Crippen molar-refractivity contribution in [3.05, 3.63) is 44.1 Å². The van der Waals surface area contributed by atoms with Gasteiger partial charge in [-0.25, -0.2) is 9.97 Å². The zero-order chi connectivity index (χ0) is 13.5. The second kappa shape index (κ2) is 5.20. The van der Waals surface area contributed by atoms with E-state index in [-0.39, 0.29) is 0 Å². The lowest BCUT2D eigenvalue weighted by Gasteiger charge is -2.27. The zero-order valence-electron chi connectivity index (χ0n) is 11.2. The third-order valence-electron chi connectivity index (χ3n) is 3.98. The summed E-state index contributed by atoms with van der Waals surface area (Å²) in [4.78, 5) is 13.2. The van der Waals surface area contributed by atoms with Gasteiger partial charge in [0.25, 0.3) is 0 Å². The lowest BCUT2D eigenvalue weighted by atomic mass is 10.1. The summed E-state index contributed by atoms with van der Waals surface area (Å²) in [6.45, 7) is 3.11. The van der Waals surface area contributed by atoms with Crippen LogP contribution in [-0.4, -0.2) is 21.4 Å². The van der Waals surface area contributed by atoms with E-state index in [1.807, 2.05) is 11.3 Å². The summed E-state index contributed by atoms with van der Waals surface area (Å²) in [7, 11) is 0. The minimum Gasteiger partial charge on any atom is -0.293 e. The molecule has 2 aliphatic rings. The minimum atomic E-state index is 0.654. The molecule has 1 aliphatic heterocycles. The van der Waals surface area contributed by atoms with E-state index < -0.39 is 0 Å². The number of thiophene rings is 1. The van der Waals surface area contributed by atoms with E-state index in [9.17, 15) is 0 Å². The highest BCUT2D eigenvalue weighted by Gasteiger charge is 2.28. The highest BCUT2D eigenvalue weighted by atomic mass is 79.9. The summed E-state index contributed by atoms with van der Waals surface area (Å²) in [6.07, 6.45) is 5.67. The Morgan fingerprint density at radius 3 is 3.00 bits per heavy atom. The van der Waals surface area contributed by atoms with Gasteiger partial charge in [0.2, 0.25) is 0 Å². The standard InChI is InChI=1S/C15H16BrN3S/c16-14-4-3-12(20-14)9-19-6-5-13-11(8-19)7-17-15(18-13)10-1-2-10/h3-4,7,10H,1-2,5-6,8-9H2. The molecular weight excluding hydrogens is 334 g/mol. The van der Waals surface area contributed by atoms with Crippen LogP contribution in [0.2, 0.25) is 0 Å². The fourth-order valence-electron chi connectivity index (χ4n) is 2.72. The van der Waals surface area contributed by atoms with Crippen molar-refractivity contribution in [1.82, 2.24) is 14.9 Å². The van der Waals surface area contributed by atoms with Crippen LogP contribution in [-0.2, 0) is 19.5 Å². The predicted octanol–water partition coefficient (Wildman–Crippen LogP) is 3.74. The van der Waals surface area contributed by atoms with E-state index in [2.05, 4.69) is 44.1 Å². The molecule has 0 N–H and O–H groups in total. The first kappa shape index (κ1) is 12.9. The van der Waals surface area contributed by atoms with Gasteiger partial charge in [-0.3, -0.25) is 4.90 Å². The molecule has 0 atom stereocenters. The van der Waals surface area contributed by atoms with Crippen molar-refractivity contribution >= 4 is 27.3 Å². The monoisotopic (exact) mass is 349 g/mol. The summed E-state index contributed by atoms with van der Waals surface area (Å²) in [6, 6.07) is 4.33. The van der Waals surface area contributed by atoms with Crippen molar-refractivity contribution in [3.8, 4) is 0 Å². The Hall–Kier alpha value is -0.780. The smallest absolute Gasteiger partial charge is 0.131 e. The van der Waals surface area contributed by atoms with Crippen molar-refractivity contribution in [3.63, 3.8) is 0 Å². The van der Waals surface area contributed by atoms with Crippen LogP contribution in [0.15, 0.2) is 22.1 Å². The van der Waals surface area contributed by atoms with Gasteiger partial charge in [-0.15, -0.1) is 11.3 Å². The molecule has 1 aliphatic carbocycles. The fraction of sp³-hybridized carbons (Fsp3) is 0.467. The third kappa shape index (κ3) is 2.67. The maximum absolute atomic E-state index is 4.78. The molecule has 2 aromatic heterocycles. The Bertz CT molecular complexity index is 636. The number of halogens is 1. The van der Waals surface area contributed by atoms with E-state index in [1.54, 1.807) is 0 Å². The van der Waals surface area contributed by atoms with Crippen LogP contribution in [0.5, 0.6) is 0 Å². The SMILES string of the molecule is Brc1ccc(CN2CCc3nc(C4CC4)ncc3C2)s1. The first-order chi connectivity index (χ1) is 9.78. The van der Waals surface area contributed by atoms with Gasteiger partial charge in [0.1, 0.15) is 5.82 Å². The maximum Gasteiger partial charge on any atom is 0.131 e. The van der Waals surface area contributed by atoms with Gasteiger partial charge >= 0.3 is 0 Å². The molecule has 0 unspecified atom stereocenters. The summed E-state index contributed by atoms with van der Waals surface area (Å²) in [5, 5.41) is 0. The second-order valence-electron chi connectivity index (χ2n) is 5.64. The number of aromatic nitrogens is 2. The topological polar surface area (TPSA) is 29.0 Å². The summed E-state index contributed by atoms with van der Waals surface area (Å²) in [5.41, 5.74) is 2.60. The van der Waals surface area contributed by atoms with Crippen molar-refractivity contribution in [2.24, 2.45) is 0 Å². The highest BCUT2D eigenvalue weighted by molar-refractivity contribution is 9.11. The lowest BCUT2D eigenvalue weighted by molar-refractivity contribution is 0.244. The van der Waals surface area contributed by atoms with Crippen LogP contribution in [0.4, 0.5) is 0 Å².